The fourth-order valence-corrected chi connectivity index (χ4v) is 4.03. The van der Waals surface area contributed by atoms with Gasteiger partial charge in [-0.25, -0.2) is 4.79 Å². The first-order valence-corrected chi connectivity index (χ1v) is 9.33. The van der Waals surface area contributed by atoms with Crippen molar-refractivity contribution in [3.8, 4) is 0 Å². The van der Waals surface area contributed by atoms with Crippen LogP contribution >= 0.6 is 15.9 Å². The Labute approximate surface area is 145 Å². The van der Waals surface area contributed by atoms with Crippen LogP contribution in [-0.4, -0.2) is 17.1 Å². The molecule has 3 rings (SSSR count). The zero-order valence-corrected chi connectivity index (χ0v) is 15.3. The van der Waals surface area contributed by atoms with Crippen molar-refractivity contribution >= 4 is 38.4 Å². The lowest BCUT2D eigenvalue weighted by atomic mass is 9.93. The summed E-state index contributed by atoms with van der Waals surface area (Å²) in [6.45, 7) is 2.23. The molecule has 0 bridgehead atoms. The maximum atomic E-state index is 12.4. The molecule has 0 amide bonds. The standard InChI is InChI=1S/C19H22BrNO2/c1-3-23-19(22)18-15-10-9-14(13-7-5-4-6-8-13)11-16(15)21(2)17(18)12-20/h7,9-11H,3-6,8,12H2,1-2H3. The number of ether oxygens (including phenoxy) is 1. The fourth-order valence-electron chi connectivity index (χ4n) is 3.38. The molecule has 3 nitrogen and oxygen atoms in total. The summed E-state index contributed by atoms with van der Waals surface area (Å²) in [5.74, 6) is -0.239. The number of hydrogen-bond donors (Lipinski definition) is 0. The van der Waals surface area contributed by atoms with E-state index >= 15 is 0 Å². The first kappa shape index (κ1) is 16.3. The molecule has 4 heteroatoms. The van der Waals surface area contributed by atoms with Crippen LogP contribution in [0.15, 0.2) is 24.3 Å². The summed E-state index contributed by atoms with van der Waals surface area (Å²) in [5, 5.41) is 1.60. The van der Waals surface area contributed by atoms with E-state index < -0.39 is 0 Å². The van der Waals surface area contributed by atoms with E-state index in [1.807, 2.05) is 14.0 Å². The second-order valence-electron chi connectivity index (χ2n) is 5.94. The van der Waals surface area contributed by atoms with Gasteiger partial charge >= 0.3 is 5.97 Å². The molecule has 0 spiro atoms. The number of carbonyl (C=O) groups excluding carboxylic acids is 1. The van der Waals surface area contributed by atoms with Gasteiger partial charge < -0.3 is 9.30 Å². The molecular formula is C19H22BrNO2. The van der Waals surface area contributed by atoms with Crippen LogP contribution in [0.5, 0.6) is 0 Å². The Balaban J connectivity index is 2.14. The highest BCUT2D eigenvalue weighted by molar-refractivity contribution is 9.08. The number of nitrogens with zero attached hydrogens (tertiary/aromatic N) is 1. The van der Waals surface area contributed by atoms with Crippen molar-refractivity contribution in [1.29, 1.82) is 0 Å². The molecule has 23 heavy (non-hydrogen) atoms. The molecule has 0 saturated heterocycles. The average Bonchev–Trinajstić information content (AvgIpc) is 2.87. The van der Waals surface area contributed by atoms with Gasteiger partial charge in [-0.05, 0) is 49.8 Å². The van der Waals surface area contributed by atoms with Gasteiger partial charge in [0.25, 0.3) is 0 Å². The Morgan fingerprint density at radius 1 is 1.35 bits per heavy atom. The van der Waals surface area contributed by atoms with Crippen molar-refractivity contribution in [2.75, 3.05) is 6.61 Å². The number of esters is 1. The molecule has 1 heterocycles. The number of halogens is 1. The number of fused-ring (bicyclic) bond motifs is 1. The monoisotopic (exact) mass is 375 g/mol. The van der Waals surface area contributed by atoms with Gasteiger partial charge in [0.2, 0.25) is 0 Å². The van der Waals surface area contributed by atoms with Crippen LogP contribution in [0.1, 0.15) is 54.2 Å². The summed E-state index contributed by atoms with van der Waals surface area (Å²) in [4.78, 5) is 12.4. The van der Waals surface area contributed by atoms with Crippen molar-refractivity contribution in [2.24, 2.45) is 7.05 Å². The van der Waals surface area contributed by atoms with E-state index in [2.05, 4.69) is 44.8 Å². The van der Waals surface area contributed by atoms with Crippen molar-refractivity contribution in [3.05, 3.63) is 41.1 Å². The Kier molecular flexibility index (Phi) is 4.90. The lowest BCUT2D eigenvalue weighted by Crippen LogP contribution is -2.07. The molecule has 0 radical (unpaired) electrons. The van der Waals surface area contributed by atoms with E-state index in [0.29, 0.717) is 17.5 Å². The smallest absolute Gasteiger partial charge is 0.340 e. The maximum absolute atomic E-state index is 12.4. The number of rotatable bonds is 4. The zero-order chi connectivity index (χ0) is 16.4. The predicted molar refractivity (Wildman–Crippen MR) is 98.0 cm³/mol. The first-order chi connectivity index (χ1) is 11.2. The molecule has 0 aliphatic heterocycles. The van der Waals surface area contributed by atoms with Gasteiger partial charge in [0.15, 0.2) is 0 Å². The van der Waals surface area contributed by atoms with Crippen molar-refractivity contribution in [1.82, 2.24) is 4.57 Å². The summed E-state index contributed by atoms with van der Waals surface area (Å²) < 4.78 is 7.35. The van der Waals surface area contributed by atoms with Gasteiger partial charge in [-0.1, -0.05) is 34.1 Å². The highest BCUT2D eigenvalue weighted by Crippen LogP contribution is 2.33. The van der Waals surface area contributed by atoms with E-state index in [9.17, 15) is 4.79 Å². The normalized spacial score (nSPS) is 14.8. The molecule has 1 aromatic heterocycles. The second-order valence-corrected chi connectivity index (χ2v) is 6.50. The summed E-state index contributed by atoms with van der Waals surface area (Å²) in [7, 11) is 2.01. The van der Waals surface area contributed by atoms with Gasteiger partial charge in [0.05, 0.1) is 12.2 Å². The van der Waals surface area contributed by atoms with Crippen LogP contribution in [0.3, 0.4) is 0 Å². The Bertz CT molecular complexity index is 773. The Morgan fingerprint density at radius 2 is 2.17 bits per heavy atom. The van der Waals surface area contributed by atoms with Crippen LogP contribution in [0.2, 0.25) is 0 Å². The van der Waals surface area contributed by atoms with E-state index in [0.717, 1.165) is 23.0 Å². The Morgan fingerprint density at radius 3 is 2.83 bits per heavy atom. The highest BCUT2D eigenvalue weighted by atomic mass is 79.9. The molecule has 0 fully saturated rings. The summed E-state index contributed by atoms with van der Waals surface area (Å²) in [6.07, 6.45) is 7.22. The van der Waals surface area contributed by atoms with Crippen molar-refractivity contribution in [2.45, 2.75) is 37.9 Å². The number of aryl methyl sites for hydroxylation is 1. The second kappa shape index (κ2) is 6.91. The minimum absolute atomic E-state index is 0.239. The lowest BCUT2D eigenvalue weighted by molar-refractivity contribution is 0.0527. The molecule has 0 saturated carbocycles. The summed E-state index contributed by atoms with van der Waals surface area (Å²) >= 11 is 3.51. The minimum Gasteiger partial charge on any atom is -0.462 e. The summed E-state index contributed by atoms with van der Waals surface area (Å²) in [6, 6.07) is 6.42. The van der Waals surface area contributed by atoms with E-state index in [4.69, 9.17) is 4.74 Å². The third kappa shape index (κ3) is 2.97. The van der Waals surface area contributed by atoms with E-state index in [1.165, 1.54) is 30.4 Å². The molecule has 1 aliphatic carbocycles. The Hall–Kier alpha value is -1.55. The lowest BCUT2D eigenvalue weighted by Gasteiger charge is -2.13. The van der Waals surface area contributed by atoms with Crippen molar-refractivity contribution < 1.29 is 9.53 Å². The van der Waals surface area contributed by atoms with E-state index in [-0.39, 0.29) is 5.97 Å². The fraction of sp³-hybridized carbons (Fsp3) is 0.421. The first-order valence-electron chi connectivity index (χ1n) is 8.21. The van der Waals surface area contributed by atoms with E-state index in [1.54, 1.807) is 0 Å². The van der Waals surface area contributed by atoms with Crippen LogP contribution in [-0.2, 0) is 17.1 Å². The molecule has 2 aromatic rings. The average molecular weight is 376 g/mol. The van der Waals surface area contributed by atoms with Gasteiger partial charge in [-0.3, -0.25) is 0 Å². The van der Waals surface area contributed by atoms with Gasteiger partial charge in [0.1, 0.15) is 0 Å². The van der Waals surface area contributed by atoms with Gasteiger partial charge in [0, 0.05) is 29.0 Å². The quantitative estimate of drug-likeness (QED) is 0.542. The number of benzene rings is 1. The van der Waals surface area contributed by atoms with Gasteiger partial charge in [-0.15, -0.1) is 0 Å². The SMILES string of the molecule is CCOC(=O)c1c(CBr)n(C)c2cc(C3=CCCCC3)ccc12. The molecule has 1 aromatic carbocycles. The zero-order valence-electron chi connectivity index (χ0n) is 13.7. The molecule has 0 N–H and O–H groups in total. The van der Waals surface area contributed by atoms with Crippen LogP contribution in [0, 0.1) is 0 Å². The predicted octanol–water partition coefficient (Wildman–Crippen LogP) is 5.21. The number of carbonyl (C=O) groups is 1. The number of aromatic nitrogens is 1. The highest BCUT2D eigenvalue weighted by Gasteiger charge is 2.22. The molecule has 0 atom stereocenters. The summed E-state index contributed by atoms with van der Waals surface area (Å²) in [5.41, 5.74) is 5.44. The third-order valence-corrected chi connectivity index (χ3v) is 5.12. The topological polar surface area (TPSA) is 31.2 Å². The minimum atomic E-state index is -0.239. The molecule has 122 valence electrons. The van der Waals surface area contributed by atoms with Crippen molar-refractivity contribution in [3.63, 3.8) is 0 Å². The maximum Gasteiger partial charge on any atom is 0.340 e. The molecule has 1 aliphatic rings. The number of alkyl halides is 1. The molecular weight excluding hydrogens is 354 g/mol. The molecule has 0 unspecified atom stereocenters. The van der Waals surface area contributed by atoms with Crippen LogP contribution < -0.4 is 0 Å². The number of allylic oxidation sites excluding steroid dienone is 2. The third-order valence-electron chi connectivity index (χ3n) is 4.59. The van der Waals surface area contributed by atoms with Crippen LogP contribution in [0.4, 0.5) is 0 Å². The number of hydrogen-bond acceptors (Lipinski definition) is 2. The van der Waals surface area contributed by atoms with Gasteiger partial charge in [-0.2, -0.15) is 0 Å². The largest absolute Gasteiger partial charge is 0.462 e. The van der Waals surface area contributed by atoms with Crippen LogP contribution in [0.25, 0.3) is 16.5 Å².